The molecule has 1 heterocycles. The molecule has 0 bridgehead atoms. The van der Waals surface area contributed by atoms with Crippen LogP contribution in [0.1, 0.15) is 18.0 Å². The molecule has 7 heteroatoms. The molecule has 21 heavy (non-hydrogen) atoms. The Morgan fingerprint density at radius 2 is 1.95 bits per heavy atom. The van der Waals surface area contributed by atoms with Gasteiger partial charge in [-0.1, -0.05) is 23.7 Å². The Bertz CT molecular complexity index is 550. The zero-order valence-corrected chi connectivity index (χ0v) is 12.4. The van der Waals surface area contributed by atoms with Crippen molar-refractivity contribution in [2.24, 2.45) is 5.92 Å². The van der Waals surface area contributed by atoms with E-state index in [-0.39, 0.29) is 6.42 Å². The van der Waals surface area contributed by atoms with Gasteiger partial charge in [-0.25, -0.2) is 0 Å². The quantitative estimate of drug-likeness (QED) is 0.858. The number of hydrogen-bond donors (Lipinski definition) is 1. The van der Waals surface area contributed by atoms with Crippen LogP contribution < -0.4 is 0 Å². The van der Waals surface area contributed by atoms with Gasteiger partial charge < -0.3 is 14.7 Å². The molecule has 6 nitrogen and oxygen atoms in total. The Morgan fingerprint density at radius 1 is 1.29 bits per heavy atom. The van der Waals surface area contributed by atoms with Crippen LogP contribution in [0.2, 0.25) is 5.02 Å². The molecule has 1 aromatic rings. The summed E-state index contributed by atoms with van der Waals surface area (Å²) in [6, 6.07) is 5.15. The molecule has 0 aromatic heterocycles. The number of hydroxylamine groups is 2. The first kappa shape index (κ1) is 15.8. The third kappa shape index (κ3) is 3.02. The number of nitrogens with zero attached hydrogens (tertiary/aromatic N) is 1. The van der Waals surface area contributed by atoms with Gasteiger partial charge >= 0.3 is 11.9 Å². The number of rotatable bonds is 3. The van der Waals surface area contributed by atoms with E-state index in [1.54, 1.807) is 24.3 Å². The smallest absolute Gasteiger partial charge is 0.325 e. The van der Waals surface area contributed by atoms with Crippen LogP contribution in [0.25, 0.3) is 0 Å². The molecule has 2 rings (SSSR count). The molecule has 0 radical (unpaired) electrons. The lowest BCUT2D eigenvalue weighted by Gasteiger charge is -2.24. The van der Waals surface area contributed by atoms with E-state index in [1.165, 1.54) is 14.2 Å². The predicted octanol–water partition coefficient (Wildman–Crippen LogP) is 1.81. The topological polar surface area (TPSA) is 76.1 Å². The van der Waals surface area contributed by atoms with E-state index in [0.717, 1.165) is 5.06 Å². The summed E-state index contributed by atoms with van der Waals surface area (Å²) < 4.78 is 9.42. The van der Waals surface area contributed by atoms with Gasteiger partial charge in [0.25, 0.3) is 0 Å². The van der Waals surface area contributed by atoms with Crippen molar-refractivity contribution < 1.29 is 24.3 Å². The van der Waals surface area contributed by atoms with Crippen molar-refractivity contribution in [1.82, 2.24) is 5.06 Å². The molecular formula is C14H16ClNO5. The maximum absolute atomic E-state index is 11.9. The van der Waals surface area contributed by atoms with E-state index in [1.807, 2.05) is 0 Å². The summed E-state index contributed by atoms with van der Waals surface area (Å²) >= 11 is 5.95. The lowest BCUT2D eigenvalue weighted by Crippen LogP contribution is -2.36. The number of hydrogen-bond acceptors (Lipinski definition) is 6. The molecule has 0 amide bonds. The lowest BCUT2D eigenvalue weighted by molar-refractivity contribution is -0.177. The van der Waals surface area contributed by atoms with Crippen molar-refractivity contribution in [2.75, 3.05) is 14.2 Å². The normalized spacial score (nSPS) is 25.6. The molecule has 114 valence electrons. The minimum Gasteiger partial charge on any atom is -0.469 e. The van der Waals surface area contributed by atoms with Crippen LogP contribution in [0.3, 0.4) is 0 Å². The highest BCUT2D eigenvalue weighted by Crippen LogP contribution is 2.41. The third-order valence-corrected chi connectivity index (χ3v) is 3.87. The molecule has 1 aliphatic heterocycles. The number of methoxy groups -OCH3 is 2. The van der Waals surface area contributed by atoms with Gasteiger partial charge in [-0.3, -0.25) is 9.59 Å². The SMILES string of the molecule is COC(=O)[C@H]1C[C@@H](C(=O)OC)N(O)[C@H]1c1cccc(Cl)c1. The van der Waals surface area contributed by atoms with Crippen LogP contribution in [0.15, 0.2) is 24.3 Å². The van der Waals surface area contributed by atoms with Crippen LogP contribution in [-0.4, -0.2) is 42.5 Å². The molecule has 1 fully saturated rings. The van der Waals surface area contributed by atoms with E-state index < -0.39 is 29.9 Å². The molecule has 1 aliphatic rings. The lowest BCUT2D eigenvalue weighted by atomic mass is 9.93. The molecule has 1 saturated heterocycles. The van der Waals surface area contributed by atoms with Gasteiger partial charge in [-0.05, 0) is 24.1 Å². The van der Waals surface area contributed by atoms with Crippen molar-refractivity contribution in [3.63, 3.8) is 0 Å². The summed E-state index contributed by atoms with van der Waals surface area (Å²) in [5.74, 6) is -1.77. The molecule has 1 aromatic carbocycles. The first-order valence-electron chi connectivity index (χ1n) is 6.38. The molecule has 3 atom stereocenters. The average molecular weight is 314 g/mol. The number of esters is 2. The maximum atomic E-state index is 11.9. The molecule has 1 N–H and O–H groups in total. The minimum atomic E-state index is -0.914. The van der Waals surface area contributed by atoms with Crippen molar-refractivity contribution >= 4 is 23.5 Å². The van der Waals surface area contributed by atoms with E-state index >= 15 is 0 Å². The second-order valence-corrected chi connectivity index (χ2v) is 5.22. The van der Waals surface area contributed by atoms with Crippen molar-refractivity contribution in [2.45, 2.75) is 18.5 Å². The monoisotopic (exact) mass is 313 g/mol. The molecule has 0 aliphatic carbocycles. The first-order valence-corrected chi connectivity index (χ1v) is 6.75. The van der Waals surface area contributed by atoms with Crippen LogP contribution in [0.4, 0.5) is 0 Å². The average Bonchev–Trinajstić information content (AvgIpc) is 2.83. The highest BCUT2D eigenvalue weighted by Gasteiger charge is 2.49. The second-order valence-electron chi connectivity index (χ2n) is 4.78. The molecule has 0 unspecified atom stereocenters. The van der Waals surface area contributed by atoms with Gasteiger partial charge in [0.1, 0.15) is 6.04 Å². The fourth-order valence-electron chi connectivity index (χ4n) is 2.65. The van der Waals surface area contributed by atoms with Gasteiger partial charge in [0, 0.05) is 5.02 Å². The van der Waals surface area contributed by atoms with E-state index in [0.29, 0.717) is 10.6 Å². The molecule has 0 saturated carbocycles. The Labute approximate surface area is 127 Å². The van der Waals surface area contributed by atoms with Crippen LogP contribution in [0.5, 0.6) is 0 Å². The highest BCUT2D eigenvalue weighted by atomic mass is 35.5. The van der Waals surface area contributed by atoms with E-state index in [4.69, 9.17) is 16.3 Å². The first-order chi connectivity index (χ1) is 9.99. The highest BCUT2D eigenvalue weighted by molar-refractivity contribution is 6.30. The fraction of sp³-hybridized carbons (Fsp3) is 0.429. The van der Waals surface area contributed by atoms with Crippen LogP contribution >= 0.6 is 11.6 Å². The predicted molar refractivity (Wildman–Crippen MR) is 73.7 cm³/mol. The van der Waals surface area contributed by atoms with Gasteiger partial charge in [0.05, 0.1) is 26.2 Å². The number of carbonyl (C=O) groups is 2. The summed E-state index contributed by atoms with van der Waals surface area (Å²) in [5, 5.41) is 11.6. The summed E-state index contributed by atoms with van der Waals surface area (Å²) in [6.07, 6.45) is 0.118. The Morgan fingerprint density at radius 3 is 2.52 bits per heavy atom. The minimum absolute atomic E-state index is 0.118. The van der Waals surface area contributed by atoms with Crippen molar-refractivity contribution in [3.05, 3.63) is 34.9 Å². The second kappa shape index (κ2) is 6.43. The van der Waals surface area contributed by atoms with Gasteiger partial charge in [-0.2, -0.15) is 5.06 Å². The Kier molecular flexibility index (Phi) is 4.82. The summed E-state index contributed by atoms with van der Waals surface area (Å²) in [5.41, 5.74) is 0.631. The Balaban J connectivity index is 2.38. The van der Waals surface area contributed by atoms with Crippen molar-refractivity contribution in [3.8, 4) is 0 Å². The molecule has 0 spiro atoms. The zero-order chi connectivity index (χ0) is 15.6. The summed E-state index contributed by atoms with van der Waals surface area (Å²) in [4.78, 5) is 23.7. The van der Waals surface area contributed by atoms with Crippen molar-refractivity contribution in [1.29, 1.82) is 0 Å². The van der Waals surface area contributed by atoms with Crippen LogP contribution in [-0.2, 0) is 19.1 Å². The van der Waals surface area contributed by atoms with Crippen LogP contribution in [0, 0.1) is 5.92 Å². The maximum Gasteiger partial charge on any atom is 0.325 e. The van der Waals surface area contributed by atoms with E-state index in [9.17, 15) is 14.8 Å². The van der Waals surface area contributed by atoms with Gasteiger partial charge in [0.15, 0.2) is 0 Å². The number of carbonyl (C=O) groups excluding carboxylic acids is 2. The number of ether oxygens (including phenoxy) is 2. The standard InChI is InChI=1S/C14H16ClNO5/c1-20-13(17)10-7-11(14(18)21-2)16(19)12(10)8-4-3-5-9(15)6-8/h3-6,10-12,19H,7H2,1-2H3/t10-,11-,12-/m0/s1. The third-order valence-electron chi connectivity index (χ3n) is 3.63. The zero-order valence-electron chi connectivity index (χ0n) is 11.7. The fourth-order valence-corrected chi connectivity index (χ4v) is 2.85. The summed E-state index contributed by atoms with van der Waals surface area (Å²) in [6.45, 7) is 0. The molecular weight excluding hydrogens is 298 g/mol. The Hall–Kier alpha value is -1.63. The van der Waals surface area contributed by atoms with E-state index in [2.05, 4.69) is 4.74 Å². The van der Waals surface area contributed by atoms with Gasteiger partial charge in [-0.15, -0.1) is 0 Å². The number of benzene rings is 1. The van der Waals surface area contributed by atoms with Gasteiger partial charge in [0.2, 0.25) is 0 Å². The summed E-state index contributed by atoms with van der Waals surface area (Å²) in [7, 11) is 2.50. The number of halogens is 1. The largest absolute Gasteiger partial charge is 0.469 e.